The summed E-state index contributed by atoms with van der Waals surface area (Å²) in [6.45, 7) is 4.27. The van der Waals surface area contributed by atoms with Crippen molar-refractivity contribution in [2.45, 2.75) is 32.4 Å². The maximum atomic E-state index is 11.4. The summed E-state index contributed by atoms with van der Waals surface area (Å²) < 4.78 is 5.25. The van der Waals surface area contributed by atoms with Crippen molar-refractivity contribution in [1.29, 1.82) is 5.26 Å². The Labute approximate surface area is 77.9 Å². The van der Waals surface area contributed by atoms with E-state index in [0.717, 1.165) is 6.42 Å². The second-order valence-electron chi connectivity index (χ2n) is 3.42. The smallest absolute Gasteiger partial charge is 0.250 e. The van der Waals surface area contributed by atoms with Crippen LogP contribution in [0.3, 0.4) is 0 Å². The van der Waals surface area contributed by atoms with Gasteiger partial charge >= 0.3 is 0 Å². The van der Waals surface area contributed by atoms with Crippen LogP contribution in [0.25, 0.3) is 0 Å². The molecule has 0 aliphatic carbocycles. The van der Waals surface area contributed by atoms with Crippen LogP contribution in [0.1, 0.15) is 20.3 Å². The number of carbonyl (C=O) groups is 1. The minimum absolute atomic E-state index is 0.168. The van der Waals surface area contributed by atoms with Crippen molar-refractivity contribution in [3.8, 4) is 6.07 Å². The highest BCUT2D eigenvalue weighted by atomic mass is 16.5. The molecule has 0 aromatic carbocycles. The van der Waals surface area contributed by atoms with Crippen molar-refractivity contribution < 1.29 is 9.53 Å². The predicted octanol–water partition coefficient (Wildman–Crippen LogP) is 0.440. The lowest BCUT2D eigenvalue weighted by Gasteiger charge is -2.15. The van der Waals surface area contributed by atoms with E-state index in [1.165, 1.54) is 0 Å². The molecular formula is C9H14N2O2. The molecule has 1 aliphatic rings. The normalized spacial score (nSPS) is 29.3. The first-order valence-corrected chi connectivity index (χ1v) is 4.46. The number of hydrogen-bond donors (Lipinski definition) is 1. The van der Waals surface area contributed by atoms with Crippen LogP contribution in [0.15, 0.2) is 0 Å². The molecule has 72 valence electrons. The molecule has 1 saturated heterocycles. The maximum Gasteiger partial charge on any atom is 0.250 e. The predicted molar refractivity (Wildman–Crippen MR) is 46.7 cm³/mol. The van der Waals surface area contributed by atoms with Gasteiger partial charge < -0.3 is 10.1 Å². The van der Waals surface area contributed by atoms with Crippen molar-refractivity contribution in [3.63, 3.8) is 0 Å². The number of nitriles is 1. The van der Waals surface area contributed by atoms with E-state index < -0.39 is 6.04 Å². The number of ether oxygens (including phenoxy) is 1. The van der Waals surface area contributed by atoms with Gasteiger partial charge in [0.15, 0.2) is 0 Å². The molecule has 3 unspecified atom stereocenters. The zero-order valence-electron chi connectivity index (χ0n) is 7.91. The van der Waals surface area contributed by atoms with Gasteiger partial charge in [-0.1, -0.05) is 6.92 Å². The van der Waals surface area contributed by atoms with Crippen LogP contribution in [0, 0.1) is 17.2 Å². The second kappa shape index (κ2) is 4.24. The van der Waals surface area contributed by atoms with E-state index in [-0.39, 0.29) is 17.9 Å². The Morgan fingerprint density at radius 3 is 2.92 bits per heavy atom. The summed E-state index contributed by atoms with van der Waals surface area (Å²) in [6.07, 6.45) is 0.551. The average molecular weight is 182 g/mol. The lowest BCUT2D eigenvalue weighted by atomic mass is 10.0. The zero-order valence-corrected chi connectivity index (χ0v) is 7.91. The Morgan fingerprint density at radius 1 is 1.77 bits per heavy atom. The third-order valence-electron chi connectivity index (χ3n) is 2.20. The molecular weight excluding hydrogens is 168 g/mol. The van der Waals surface area contributed by atoms with Crippen LogP contribution in [-0.2, 0) is 9.53 Å². The van der Waals surface area contributed by atoms with E-state index in [1.807, 2.05) is 13.0 Å². The van der Waals surface area contributed by atoms with Gasteiger partial charge in [-0.3, -0.25) is 4.79 Å². The van der Waals surface area contributed by atoms with Crippen molar-refractivity contribution in [3.05, 3.63) is 0 Å². The van der Waals surface area contributed by atoms with Gasteiger partial charge in [0.2, 0.25) is 5.91 Å². The van der Waals surface area contributed by atoms with Crippen LogP contribution in [-0.4, -0.2) is 24.7 Å². The van der Waals surface area contributed by atoms with E-state index in [1.54, 1.807) is 6.92 Å². The van der Waals surface area contributed by atoms with Crippen molar-refractivity contribution >= 4 is 5.91 Å². The standard InChI is InChI=1S/C9H14N2O2/c1-6-3-4-13-8(6)9(12)11-7(2)5-10/h6-8H,3-4H2,1-2H3,(H,11,12). The Bertz CT molecular complexity index is 234. The highest BCUT2D eigenvalue weighted by Gasteiger charge is 2.31. The summed E-state index contributed by atoms with van der Waals surface area (Å²) in [4.78, 5) is 11.4. The molecule has 4 heteroatoms. The number of rotatable bonds is 2. The highest BCUT2D eigenvalue weighted by Crippen LogP contribution is 2.19. The Balaban J connectivity index is 2.44. The summed E-state index contributed by atoms with van der Waals surface area (Å²) >= 11 is 0. The second-order valence-corrected chi connectivity index (χ2v) is 3.42. The molecule has 13 heavy (non-hydrogen) atoms. The first kappa shape index (κ1) is 10.0. The van der Waals surface area contributed by atoms with Crippen molar-refractivity contribution in [2.75, 3.05) is 6.61 Å². The molecule has 0 aromatic heterocycles. The summed E-state index contributed by atoms with van der Waals surface area (Å²) in [5.74, 6) is 0.0879. The molecule has 3 atom stereocenters. The van der Waals surface area contributed by atoms with Crippen LogP contribution in [0.4, 0.5) is 0 Å². The van der Waals surface area contributed by atoms with Crippen molar-refractivity contribution in [2.24, 2.45) is 5.92 Å². The molecule has 0 saturated carbocycles. The zero-order chi connectivity index (χ0) is 9.84. The van der Waals surface area contributed by atoms with Crippen LogP contribution >= 0.6 is 0 Å². The molecule has 1 aliphatic heterocycles. The molecule has 0 bridgehead atoms. The molecule has 1 amide bonds. The topological polar surface area (TPSA) is 62.1 Å². The summed E-state index contributed by atoms with van der Waals surface area (Å²) in [5.41, 5.74) is 0. The van der Waals surface area contributed by atoms with Gasteiger partial charge in [0, 0.05) is 6.61 Å². The number of nitrogens with zero attached hydrogens (tertiary/aromatic N) is 1. The van der Waals surface area contributed by atoms with Gasteiger partial charge in [-0.15, -0.1) is 0 Å². The van der Waals surface area contributed by atoms with Crippen LogP contribution < -0.4 is 5.32 Å². The SMILES string of the molecule is CC(C#N)NC(=O)C1OCCC1C. The Morgan fingerprint density at radius 2 is 2.46 bits per heavy atom. The lowest BCUT2D eigenvalue weighted by Crippen LogP contribution is -2.41. The van der Waals surface area contributed by atoms with E-state index in [4.69, 9.17) is 10.00 Å². The summed E-state index contributed by atoms with van der Waals surface area (Å²) in [5, 5.41) is 11.1. The fourth-order valence-electron chi connectivity index (χ4n) is 1.36. The minimum Gasteiger partial charge on any atom is -0.368 e. The fraction of sp³-hybridized carbons (Fsp3) is 0.778. The average Bonchev–Trinajstić information content (AvgIpc) is 2.51. The molecule has 1 rings (SSSR count). The summed E-state index contributed by atoms with van der Waals surface area (Å²) in [6, 6.07) is 1.51. The van der Waals surface area contributed by atoms with E-state index in [9.17, 15) is 4.79 Å². The highest BCUT2D eigenvalue weighted by molar-refractivity contribution is 5.81. The monoisotopic (exact) mass is 182 g/mol. The number of amides is 1. The van der Waals surface area contributed by atoms with Crippen molar-refractivity contribution in [1.82, 2.24) is 5.32 Å². The summed E-state index contributed by atoms with van der Waals surface area (Å²) in [7, 11) is 0. The molecule has 0 spiro atoms. The molecule has 1 fully saturated rings. The van der Waals surface area contributed by atoms with Crippen LogP contribution in [0.5, 0.6) is 0 Å². The Hall–Kier alpha value is -1.08. The van der Waals surface area contributed by atoms with Gasteiger partial charge in [-0.25, -0.2) is 0 Å². The third kappa shape index (κ3) is 2.43. The largest absolute Gasteiger partial charge is 0.368 e. The molecule has 1 N–H and O–H groups in total. The van der Waals surface area contributed by atoms with Gasteiger partial charge in [-0.05, 0) is 19.3 Å². The quantitative estimate of drug-likeness (QED) is 0.674. The van der Waals surface area contributed by atoms with Gasteiger partial charge in [0.25, 0.3) is 0 Å². The first-order valence-electron chi connectivity index (χ1n) is 4.46. The fourth-order valence-corrected chi connectivity index (χ4v) is 1.36. The van der Waals surface area contributed by atoms with E-state index >= 15 is 0 Å². The molecule has 4 nitrogen and oxygen atoms in total. The van der Waals surface area contributed by atoms with Gasteiger partial charge in [0.1, 0.15) is 12.1 Å². The van der Waals surface area contributed by atoms with Gasteiger partial charge in [0.05, 0.1) is 6.07 Å². The lowest BCUT2D eigenvalue weighted by molar-refractivity contribution is -0.131. The number of carbonyl (C=O) groups excluding carboxylic acids is 1. The van der Waals surface area contributed by atoms with Crippen LogP contribution in [0.2, 0.25) is 0 Å². The van der Waals surface area contributed by atoms with E-state index in [0.29, 0.717) is 6.61 Å². The molecule has 0 aromatic rings. The number of nitrogens with one attached hydrogen (secondary N) is 1. The van der Waals surface area contributed by atoms with Gasteiger partial charge in [-0.2, -0.15) is 5.26 Å². The molecule has 1 heterocycles. The first-order chi connectivity index (χ1) is 6.15. The van der Waals surface area contributed by atoms with E-state index in [2.05, 4.69) is 5.32 Å². The third-order valence-corrected chi connectivity index (χ3v) is 2.20. The number of hydrogen-bond acceptors (Lipinski definition) is 3. The Kier molecular flexibility index (Phi) is 3.26. The maximum absolute atomic E-state index is 11.4. The molecule has 0 radical (unpaired) electrons. The minimum atomic E-state index is -0.441.